The summed E-state index contributed by atoms with van der Waals surface area (Å²) in [7, 11) is 0. The molecule has 0 aliphatic carbocycles. The number of carbonyl (C=O) groups excluding carboxylic acids is 1. The number of nitrogen functional groups attached to an aromatic ring is 1. The number of nitrogens with zero attached hydrogens (tertiary/aromatic N) is 4. The minimum atomic E-state index is -0.673. The van der Waals surface area contributed by atoms with Gasteiger partial charge in [-0.15, -0.1) is 0 Å². The van der Waals surface area contributed by atoms with Gasteiger partial charge in [-0.2, -0.15) is 11.8 Å². The molecular weight excluding hydrogens is 310 g/mol. The molecule has 2 N–H and O–H groups in total. The number of fused-ring (bicyclic) bond motifs is 2. The second kappa shape index (κ2) is 4.99. The van der Waals surface area contributed by atoms with Crippen LogP contribution >= 0.6 is 11.8 Å². The number of anilines is 1. The number of ether oxygens (including phenoxy) is 3. The highest BCUT2D eigenvalue weighted by atomic mass is 32.2. The summed E-state index contributed by atoms with van der Waals surface area (Å²) in [6.07, 6.45) is 2.46. The molecule has 0 aromatic carbocycles. The predicted octanol–water partition coefficient (Wildman–Crippen LogP) is 0.573. The van der Waals surface area contributed by atoms with Crippen molar-refractivity contribution in [1.82, 2.24) is 19.5 Å². The Bertz CT molecular complexity index is 737. The molecule has 0 spiro atoms. The summed E-state index contributed by atoms with van der Waals surface area (Å²) in [4.78, 5) is 23.8. The fraction of sp³-hybridized carbons (Fsp3) is 0.500. The maximum atomic E-state index is 11.5. The Morgan fingerprint density at radius 2 is 2.14 bits per heavy atom. The maximum Gasteiger partial charge on any atom is 0.509 e. The average Bonchev–Trinajstić information content (AvgIpc) is 3.15. The van der Waals surface area contributed by atoms with Crippen molar-refractivity contribution >= 4 is 34.9 Å². The molecule has 9 nitrogen and oxygen atoms in total. The first-order valence-corrected chi connectivity index (χ1v) is 8.03. The summed E-state index contributed by atoms with van der Waals surface area (Å²) in [5.41, 5.74) is 6.81. The topological polar surface area (TPSA) is 114 Å². The lowest BCUT2D eigenvalue weighted by molar-refractivity contribution is -0.0466. The highest BCUT2D eigenvalue weighted by Gasteiger charge is 2.55. The number of thioether (sulfide) groups is 1. The zero-order chi connectivity index (χ0) is 15.3. The number of aromatic nitrogens is 4. The van der Waals surface area contributed by atoms with E-state index in [9.17, 15) is 4.79 Å². The molecule has 4 heterocycles. The predicted molar refractivity (Wildman–Crippen MR) is 77.2 cm³/mol. The zero-order valence-electron chi connectivity index (χ0n) is 11.6. The summed E-state index contributed by atoms with van der Waals surface area (Å²) in [5.74, 6) is 0.983. The van der Waals surface area contributed by atoms with E-state index in [2.05, 4.69) is 15.0 Å². The van der Waals surface area contributed by atoms with Gasteiger partial charge >= 0.3 is 6.16 Å². The molecule has 22 heavy (non-hydrogen) atoms. The largest absolute Gasteiger partial charge is 0.509 e. The second-order valence-corrected chi connectivity index (χ2v) is 5.93. The molecular formula is C12H13N5O4S. The van der Waals surface area contributed by atoms with Crippen LogP contribution in [0.25, 0.3) is 11.2 Å². The second-order valence-electron chi connectivity index (χ2n) is 5.02. The van der Waals surface area contributed by atoms with Crippen molar-refractivity contribution in [3.05, 3.63) is 12.7 Å². The minimum absolute atomic E-state index is 0.243. The summed E-state index contributed by atoms with van der Waals surface area (Å²) in [6.45, 7) is 0. The summed E-state index contributed by atoms with van der Waals surface area (Å²) >= 11 is 1.61. The summed E-state index contributed by atoms with van der Waals surface area (Å²) < 4.78 is 18.2. The highest BCUT2D eigenvalue weighted by Crippen LogP contribution is 2.39. The Labute approximate surface area is 129 Å². The molecule has 4 rings (SSSR count). The molecule has 2 aliphatic heterocycles. The molecule has 0 bridgehead atoms. The van der Waals surface area contributed by atoms with Gasteiger partial charge in [0.15, 0.2) is 29.9 Å². The first-order valence-electron chi connectivity index (χ1n) is 6.63. The van der Waals surface area contributed by atoms with E-state index >= 15 is 0 Å². The Morgan fingerprint density at radius 3 is 2.95 bits per heavy atom. The van der Waals surface area contributed by atoms with Crippen molar-refractivity contribution in [2.75, 3.05) is 17.7 Å². The molecule has 4 atom stereocenters. The minimum Gasteiger partial charge on any atom is -0.424 e. The van der Waals surface area contributed by atoms with Crippen molar-refractivity contribution < 1.29 is 19.0 Å². The molecule has 0 amide bonds. The quantitative estimate of drug-likeness (QED) is 0.809. The number of imidazole rings is 1. The lowest BCUT2D eigenvalue weighted by Crippen LogP contribution is -2.30. The van der Waals surface area contributed by atoms with E-state index in [0.717, 1.165) is 0 Å². The van der Waals surface area contributed by atoms with Crippen molar-refractivity contribution in [2.45, 2.75) is 24.5 Å². The van der Waals surface area contributed by atoms with Gasteiger partial charge in [0.1, 0.15) is 17.9 Å². The average molecular weight is 323 g/mol. The molecule has 2 aromatic heterocycles. The Morgan fingerprint density at radius 1 is 1.32 bits per heavy atom. The first-order chi connectivity index (χ1) is 10.7. The van der Waals surface area contributed by atoms with Crippen LogP contribution in [0.1, 0.15) is 6.23 Å². The SMILES string of the molecule is CSC[C@H]1O[C@@H](n2cnc3c(N)ncnc32)C2OC(=O)OC21. The summed E-state index contributed by atoms with van der Waals surface area (Å²) in [6, 6.07) is 0. The third-order valence-corrected chi connectivity index (χ3v) is 4.40. The van der Waals surface area contributed by atoms with Crippen LogP contribution in [0.5, 0.6) is 0 Å². The van der Waals surface area contributed by atoms with Gasteiger partial charge in [-0.3, -0.25) is 4.57 Å². The van der Waals surface area contributed by atoms with Gasteiger partial charge in [-0.1, -0.05) is 0 Å². The molecule has 116 valence electrons. The number of hydrogen-bond donors (Lipinski definition) is 1. The van der Waals surface area contributed by atoms with Crippen molar-refractivity contribution in [3.8, 4) is 0 Å². The molecule has 10 heteroatoms. The van der Waals surface area contributed by atoms with E-state index in [1.54, 1.807) is 22.7 Å². The van der Waals surface area contributed by atoms with Crippen LogP contribution in [0.2, 0.25) is 0 Å². The smallest absolute Gasteiger partial charge is 0.424 e. The molecule has 2 aromatic rings. The van der Waals surface area contributed by atoms with Crippen LogP contribution in [-0.4, -0.2) is 56.0 Å². The van der Waals surface area contributed by atoms with Crippen LogP contribution in [0.4, 0.5) is 10.6 Å². The number of rotatable bonds is 3. The Balaban J connectivity index is 1.74. The van der Waals surface area contributed by atoms with Gasteiger partial charge in [0.25, 0.3) is 0 Å². The van der Waals surface area contributed by atoms with E-state index < -0.39 is 24.6 Å². The number of nitrogens with two attached hydrogens (primary N) is 1. The molecule has 2 saturated heterocycles. The van der Waals surface area contributed by atoms with Crippen LogP contribution in [0.15, 0.2) is 12.7 Å². The monoisotopic (exact) mass is 323 g/mol. The Kier molecular flexibility index (Phi) is 3.08. The molecule has 2 fully saturated rings. The van der Waals surface area contributed by atoms with Crippen LogP contribution in [-0.2, 0) is 14.2 Å². The van der Waals surface area contributed by atoms with Gasteiger partial charge in [0.05, 0.1) is 6.33 Å². The van der Waals surface area contributed by atoms with Crippen LogP contribution < -0.4 is 5.73 Å². The standard InChI is InChI=1S/C12H13N5O4S/c1-22-2-5-7-8(21-12(18)20-7)11(19-5)17-4-16-6-9(13)14-3-15-10(6)17/h3-5,7-8,11H,2H2,1H3,(H2,13,14,15)/t5-,7?,8?,11-/m1/s1. The van der Waals surface area contributed by atoms with Gasteiger partial charge in [-0.05, 0) is 6.26 Å². The normalized spacial score (nSPS) is 30.3. The van der Waals surface area contributed by atoms with Crippen molar-refractivity contribution in [2.24, 2.45) is 0 Å². The van der Waals surface area contributed by atoms with Crippen LogP contribution in [0, 0.1) is 0 Å². The third kappa shape index (κ3) is 1.91. The van der Waals surface area contributed by atoms with Crippen LogP contribution in [0.3, 0.4) is 0 Å². The van der Waals surface area contributed by atoms with Gasteiger partial charge in [0, 0.05) is 5.75 Å². The van der Waals surface area contributed by atoms with Crippen molar-refractivity contribution in [1.29, 1.82) is 0 Å². The van der Waals surface area contributed by atoms with Crippen molar-refractivity contribution in [3.63, 3.8) is 0 Å². The number of carbonyl (C=O) groups is 1. The fourth-order valence-corrected chi connectivity index (χ4v) is 3.40. The lowest BCUT2D eigenvalue weighted by Gasteiger charge is -2.17. The lowest BCUT2D eigenvalue weighted by atomic mass is 10.1. The van der Waals surface area contributed by atoms with Gasteiger partial charge in [-0.25, -0.2) is 19.7 Å². The van der Waals surface area contributed by atoms with Gasteiger partial charge in [0.2, 0.25) is 0 Å². The van der Waals surface area contributed by atoms with Gasteiger partial charge < -0.3 is 19.9 Å². The van der Waals surface area contributed by atoms with E-state index in [-0.39, 0.29) is 6.10 Å². The molecule has 2 unspecified atom stereocenters. The van der Waals surface area contributed by atoms with E-state index in [1.165, 1.54) is 6.33 Å². The first kappa shape index (κ1) is 13.6. The summed E-state index contributed by atoms with van der Waals surface area (Å²) in [5, 5.41) is 0. The zero-order valence-corrected chi connectivity index (χ0v) is 12.4. The molecule has 0 saturated carbocycles. The van der Waals surface area contributed by atoms with E-state index in [1.807, 2.05) is 6.26 Å². The highest BCUT2D eigenvalue weighted by molar-refractivity contribution is 7.98. The molecule has 0 radical (unpaired) electrons. The fourth-order valence-electron chi connectivity index (χ4n) is 2.80. The number of hydrogen-bond acceptors (Lipinski definition) is 9. The van der Waals surface area contributed by atoms with E-state index in [4.69, 9.17) is 19.9 Å². The molecule has 2 aliphatic rings. The third-order valence-electron chi connectivity index (χ3n) is 3.74. The van der Waals surface area contributed by atoms with E-state index in [0.29, 0.717) is 22.7 Å². The Hall–Kier alpha value is -2.07. The maximum absolute atomic E-state index is 11.5.